The van der Waals surface area contributed by atoms with Crippen molar-refractivity contribution in [2.75, 3.05) is 0 Å². The van der Waals surface area contributed by atoms with Crippen molar-refractivity contribution in [1.29, 1.82) is 0 Å². The van der Waals surface area contributed by atoms with Gasteiger partial charge in [-0.25, -0.2) is 4.79 Å². The number of aliphatic carboxylic acids is 2. The highest BCUT2D eigenvalue weighted by Gasteiger charge is 2.32. The normalized spacial score (nSPS) is 16.0. The number of carbonyl (C=O) groups is 5. The Labute approximate surface area is 176 Å². The lowest BCUT2D eigenvalue weighted by molar-refractivity contribution is -0.144. The lowest BCUT2D eigenvalue weighted by atomic mass is 9.97. The number of carboxylic acids is 2. The quantitative estimate of drug-likeness (QED) is 0.224. The fraction of sp³-hybridized carbons (Fsp3) is 0.737. The first-order valence-corrected chi connectivity index (χ1v) is 9.93. The molecule has 0 aliphatic rings. The SMILES string of the molecule is CCC(C)C(NC(=O)C(NC(=O)C(C)NC(=O)C(N)CCC(=O)O)C(C)C)C(=O)O. The average molecular weight is 431 g/mol. The first-order valence-electron chi connectivity index (χ1n) is 9.93. The van der Waals surface area contributed by atoms with E-state index >= 15 is 0 Å². The maximum atomic E-state index is 12.6. The molecule has 172 valence electrons. The maximum Gasteiger partial charge on any atom is 0.326 e. The smallest absolute Gasteiger partial charge is 0.326 e. The highest BCUT2D eigenvalue weighted by atomic mass is 16.4. The molecule has 3 amide bonds. The number of hydrogen-bond acceptors (Lipinski definition) is 6. The third kappa shape index (κ3) is 9.21. The summed E-state index contributed by atoms with van der Waals surface area (Å²) in [5.74, 6) is -4.89. The second kappa shape index (κ2) is 12.8. The van der Waals surface area contributed by atoms with E-state index in [-0.39, 0.29) is 24.7 Å². The van der Waals surface area contributed by atoms with Gasteiger partial charge in [-0.05, 0) is 25.2 Å². The van der Waals surface area contributed by atoms with Crippen LogP contribution in [0.25, 0.3) is 0 Å². The van der Waals surface area contributed by atoms with E-state index in [0.29, 0.717) is 6.42 Å². The zero-order chi connectivity index (χ0) is 23.6. The minimum Gasteiger partial charge on any atom is -0.481 e. The van der Waals surface area contributed by atoms with Crippen LogP contribution < -0.4 is 21.7 Å². The number of carbonyl (C=O) groups excluding carboxylic acids is 3. The summed E-state index contributed by atoms with van der Waals surface area (Å²) < 4.78 is 0. The van der Waals surface area contributed by atoms with Gasteiger partial charge in [0, 0.05) is 6.42 Å². The van der Waals surface area contributed by atoms with E-state index < -0.39 is 53.8 Å². The molecule has 5 atom stereocenters. The van der Waals surface area contributed by atoms with Gasteiger partial charge in [-0.1, -0.05) is 34.1 Å². The minimum atomic E-state index is -1.16. The maximum absolute atomic E-state index is 12.6. The number of amides is 3. The van der Waals surface area contributed by atoms with Crippen LogP contribution in [-0.4, -0.2) is 64.0 Å². The molecule has 11 nitrogen and oxygen atoms in total. The molecule has 0 aromatic rings. The predicted octanol–water partition coefficient (Wildman–Crippen LogP) is -0.560. The van der Waals surface area contributed by atoms with Crippen LogP contribution >= 0.6 is 0 Å². The molecule has 0 aromatic heterocycles. The summed E-state index contributed by atoms with van der Waals surface area (Å²) in [6.07, 6.45) is 0.172. The van der Waals surface area contributed by atoms with Gasteiger partial charge in [0.15, 0.2) is 0 Å². The van der Waals surface area contributed by atoms with Crippen molar-refractivity contribution >= 4 is 29.7 Å². The molecule has 0 bridgehead atoms. The van der Waals surface area contributed by atoms with Crippen LogP contribution in [0.5, 0.6) is 0 Å². The Balaban J connectivity index is 5.02. The van der Waals surface area contributed by atoms with Gasteiger partial charge in [0.2, 0.25) is 17.7 Å². The van der Waals surface area contributed by atoms with Crippen molar-refractivity contribution in [3.8, 4) is 0 Å². The second-order valence-electron chi connectivity index (χ2n) is 7.71. The van der Waals surface area contributed by atoms with Crippen molar-refractivity contribution in [3.63, 3.8) is 0 Å². The summed E-state index contributed by atoms with van der Waals surface area (Å²) in [6, 6.07) is -4.23. The van der Waals surface area contributed by atoms with Gasteiger partial charge in [0.25, 0.3) is 0 Å². The highest BCUT2D eigenvalue weighted by Crippen LogP contribution is 2.10. The van der Waals surface area contributed by atoms with Gasteiger partial charge in [0.05, 0.1) is 6.04 Å². The number of nitrogens with one attached hydrogen (secondary N) is 3. The van der Waals surface area contributed by atoms with Crippen molar-refractivity contribution in [1.82, 2.24) is 16.0 Å². The number of nitrogens with two attached hydrogens (primary N) is 1. The van der Waals surface area contributed by atoms with Crippen LogP contribution in [0.1, 0.15) is 53.9 Å². The lowest BCUT2D eigenvalue weighted by Crippen LogP contribution is -2.58. The summed E-state index contributed by atoms with van der Waals surface area (Å²) in [7, 11) is 0. The zero-order valence-electron chi connectivity index (χ0n) is 18.1. The summed E-state index contributed by atoms with van der Waals surface area (Å²) >= 11 is 0. The molecule has 30 heavy (non-hydrogen) atoms. The molecule has 0 rings (SSSR count). The van der Waals surface area contributed by atoms with Crippen molar-refractivity contribution < 1.29 is 34.2 Å². The van der Waals surface area contributed by atoms with E-state index in [4.69, 9.17) is 10.8 Å². The van der Waals surface area contributed by atoms with E-state index in [9.17, 15) is 29.1 Å². The Morgan fingerprint density at radius 1 is 0.833 bits per heavy atom. The molecular weight excluding hydrogens is 396 g/mol. The predicted molar refractivity (Wildman–Crippen MR) is 108 cm³/mol. The number of hydrogen-bond donors (Lipinski definition) is 6. The van der Waals surface area contributed by atoms with Gasteiger partial charge in [0.1, 0.15) is 18.1 Å². The molecule has 0 aliphatic heterocycles. The van der Waals surface area contributed by atoms with Crippen LogP contribution in [0.2, 0.25) is 0 Å². The van der Waals surface area contributed by atoms with Crippen LogP contribution in [-0.2, 0) is 24.0 Å². The molecule has 0 fully saturated rings. The summed E-state index contributed by atoms with van der Waals surface area (Å²) in [4.78, 5) is 59.0. The Bertz CT molecular complexity index is 638. The third-order valence-corrected chi connectivity index (χ3v) is 4.78. The molecule has 11 heteroatoms. The molecule has 5 unspecified atom stereocenters. The first kappa shape index (κ1) is 27.3. The van der Waals surface area contributed by atoms with Crippen molar-refractivity contribution in [3.05, 3.63) is 0 Å². The van der Waals surface area contributed by atoms with Gasteiger partial charge >= 0.3 is 11.9 Å². The van der Waals surface area contributed by atoms with Crippen LogP contribution in [0.4, 0.5) is 0 Å². The van der Waals surface area contributed by atoms with Gasteiger partial charge in [-0.3, -0.25) is 19.2 Å². The van der Waals surface area contributed by atoms with E-state index in [0.717, 1.165) is 0 Å². The molecule has 0 spiro atoms. The Morgan fingerprint density at radius 3 is 1.80 bits per heavy atom. The fourth-order valence-electron chi connectivity index (χ4n) is 2.54. The molecule has 0 aromatic carbocycles. The minimum absolute atomic E-state index is 0.0846. The molecular formula is C19H34N4O7. The molecule has 0 saturated heterocycles. The second-order valence-corrected chi connectivity index (χ2v) is 7.71. The van der Waals surface area contributed by atoms with E-state index in [1.807, 2.05) is 0 Å². The molecule has 0 aliphatic carbocycles. The van der Waals surface area contributed by atoms with Gasteiger partial charge in [-0.15, -0.1) is 0 Å². The fourth-order valence-corrected chi connectivity index (χ4v) is 2.54. The monoisotopic (exact) mass is 430 g/mol. The standard InChI is InChI=1S/C19H34N4O7/c1-6-10(4)15(19(29)30)23-18(28)14(9(2)3)22-16(26)11(5)21-17(27)12(20)7-8-13(24)25/h9-12,14-15H,6-8,20H2,1-5H3,(H,21,27)(H,22,26)(H,23,28)(H,24,25)(H,29,30). The molecule has 0 saturated carbocycles. The van der Waals surface area contributed by atoms with E-state index in [2.05, 4.69) is 16.0 Å². The van der Waals surface area contributed by atoms with Crippen LogP contribution in [0.15, 0.2) is 0 Å². The topological polar surface area (TPSA) is 188 Å². The van der Waals surface area contributed by atoms with E-state index in [1.165, 1.54) is 6.92 Å². The van der Waals surface area contributed by atoms with Gasteiger partial charge < -0.3 is 31.9 Å². The summed E-state index contributed by atoms with van der Waals surface area (Å²) in [5.41, 5.74) is 5.61. The lowest BCUT2D eigenvalue weighted by Gasteiger charge is -2.27. The number of carboxylic acid groups (broad SMARTS) is 2. The average Bonchev–Trinajstić information content (AvgIpc) is 2.66. The first-order chi connectivity index (χ1) is 13.8. The molecule has 7 N–H and O–H groups in total. The molecule has 0 heterocycles. The Morgan fingerprint density at radius 2 is 1.37 bits per heavy atom. The van der Waals surface area contributed by atoms with Gasteiger partial charge in [-0.2, -0.15) is 0 Å². The number of rotatable bonds is 13. The van der Waals surface area contributed by atoms with E-state index in [1.54, 1.807) is 27.7 Å². The summed E-state index contributed by atoms with van der Waals surface area (Å²) in [6.45, 7) is 8.28. The largest absolute Gasteiger partial charge is 0.481 e. The zero-order valence-corrected chi connectivity index (χ0v) is 18.1. The van der Waals surface area contributed by atoms with Crippen LogP contribution in [0.3, 0.4) is 0 Å². The van der Waals surface area contributed by atoms with Crippen LogP contribution in [0, 0.1) is 11.8 Å². The third-order valence-electron chi connectivity index (χ3n) is 4.78. The molecule has 0 radical (unpaired) electrons. The highest BCUT2D eigenvalue weighted by molar-refractivity contribution is 5.94. The Kier molecular flexibility index (Phi) is 11.6. The summed E-state index contributed by atoms with van der Waals surface area (Å²) in [5, 5.41) is 25.3. The Hall–Kier alpha value is -2.69. The van der Waals surface area contributed by atoms with Crippen molar-refractivity contribution in [2.45, 2.75) is 78.0 Å². The van der Waals surface area contributed by atoms with Crippen molar-refractivity contribution in [2.24, 2.45) is 17.6 Å².